The molecule has 0 aliphatic carbocycles. The molecule has 0 unspecified atom stereocenters. The van der Waals surface area contributed by atoms with Crippen LogP contribution in [-0.2, 0) is 11.3 Å². The van der Waals surface area contributed by atoms with E-state index in [1.165, 1.54) is 0 Å². The van der Waals surface area contributed by atoms with Crippen molar-refractivity contribution in [3.05, 3.63) is 47.9 Å². The van der Waals surface area contributed by atoms with Gasteiger partial charge >= 0.3 is 6.09 Å². The molecule has 8 heteroatoms. The minimum Gasteiger partial charge on any atom is -0.444 e. The Morgan fingerprint density at radius 3 is 2.58 bits per heavy atom. The molecule has 0 saturated carbocycles. The van der Waals surface area contributed by atoms with Crippen LogP contribution in [0, 0.1) is 0 Å². The number of carbonyl (C=O) groups excluding carboxylic acids is 2. The van der Waals surface area contributed by atoms with Crippen LogP contribution in [0.5, 0.6) is 0 Å². The number of nitrogens with one attached hydrogen (secondary N) is 1. The van der Waals surface area contributed by atoms with Crippen molar-refractivity contribution in [2.24, 2.45) is 0 Å². The number of pyridine rings is 1. The van der Waals surface area contributed by atoms with Crippen LogP contribution < -0.4 is 10.2 Å². The number of aromatic nitrogens is 2. The summed E-state index contributed by atoms with van der Waals surface area (Å²) < 4.78 is 7.50. The second-order valence-electron chi connectivity index (χ2n) is 9.10. The van der Waals surface area contributed by atoms with Crippen molar-refractivity contribution in [3.8, 4) is 0 Å². The largest absolute Gasteiger partial charge is 0.444 e. The summed E-state index contributed by atoms with van der Waals surface area (Å²) in [6.45, 7) is 7.28. The van der Waals surface area contributed by atoms with E-state index in [0.717, 1.165) is 24.2 Å². The third-order valence-corrected chi connectivity index (χ3v) is 5.24. The van der Waals surface area contributed by atoms with E-state index in [2.05, 4.69) is 10.3 Å². The maximum atomic E-state index is 12.8. The number of carbonyl (C=O) groups is 2. The average molecular weight is 428 g/mol. The molecule has 1 N–H and O–H groups in total. The molecular formula is C23H33N5O3. The maximum Gasteiger partial charge on any atom is 0.410 e. The number of hydrogen-bond acceptors (Lipinski definition) is 5. The standard InChI is InChI=1S/C23H33N5O3/c1-23(2,3)31-22(30)27-13-9-18(10-14-27)28-12-6-7-19(28)21(29)25-16-17-8-11-24-20(15-17)26(4)5/h6-8,11-12,15,18H,9-10,13-14,16H2,1-5H3,(H,25,29). The van der Waals surface area contributed by atoms with E-state index in [1.807, 2.05) is 74.8 Å². The van der Waals surface area contributed by atoms with Crippen LogP contribution in [0.1, 0.15) is 55.7 Å². The maximum absolute atomic E-state index is 12.8. The summed E-state index contributed by atoms with van der Waals surface area (Å²) in [6, 6.07) is 7.78. The van der Waals surface area contributed by atoms with E-state index in [4.69, 9.17) is 4.74 Å². The third kappa shape index (κ3) is 5.99. The second-order valence-corrected chi connectivity index (χ2v) is 9.10. The molecule has 0 atom stereocenters. The molecule has 168 valence electrons. The van der Waals surface area contributed by atoms with Gasteiger partial charge < -0.3 is 24.4 Å². The lowest BCUT2D eigenvalue weighted by molar-refractivity contribution is 0.0187. The van der Waals surface area contributed by atoms with Crippen LogP contribution in [0.4, 0.5) is 10.6 Å². The zero-order chi connectivity index (χ0) is 22.6. The fourth-order valence-electron chi connectivity index (χ4n) is 3.65. The summed E-state index contributed by atoms with van der Waals surface area (Å²) in [5.41, 5.74) is 1.13. The number of ether oxygens (including phenoxy) is 1. The number of rotatable bonds is 5. The van der Waals surface area contributed by atoms with Gasteiger partial charge in [-0.3, -0.25) is 4.79 Å². The summed E-state index contributed by atoms with van der Waals surface area (Å²) in [7, 11) is 3.87. The van der Waals surface area contributed by atoms with Gasteiger partial charge in [0.2, 0.25) is 0 Å². The van der Waals surface area contributed by atoms with Crippen molar-refractivity contribution in [2.75, 3.05) is 32.1 Å². The van der Waals surface area contributed by atoms with Crippen molar-refractivity contribution in [1.29, 1.82) is 0 Å². The number of anilines is 1. The Morgan fingerprint density at radius 1 is 1.23 bits per heavy atom. The SMILES string of the molecule is CN(C)c1cc(CNC(=O)c2cccn2C2CCN(C(=O)OC(C)(C)C)CC2)ccn1. The van der Waals surface area contributed by atoms with Crippen molar-refractivity contribution in [1.82, 2.24) is 19.8 Å². The number of hydrogen-bond donors (Lipinski definition) is 1. The van der Waals surface area contributed by atoms with Gasteiger partial charge in [0.1, 0.15) is 17.1 Å². The molecule has 0 radical (unpaired) electrons. The lowest BCUT2D eigenvalue weighted by Gasteiger charge is -2.34. The minimum atomic E-state index is -0.498. The molecule has 1 saturated heterocycles. The van der Waals surface area contributed by atoms with E-state index in [0.29, 0.717) is 25.3 Å². The Kier molecular flexibility index (Phi) is 6.87. The molecule has 1 aliphatic heterocycles. The van der Waals surface area contributed by atoms with Gasteiger partial charge in [-0.2, -0.15) is 0 Å². The average Bonchev–Trinajstić information content (AvgIpc) is 3.21. The van der Waals surface area contributed by atoms with Gasteiger partial charge in [-0.25, -0.2) is 9.78 Å². The Bertz CT molecular complexity index is 908. The molecule has 1 aliphatic rings. The summed E-state index contributed by atoms with van der Waals surface area (Å²) in [5.74, 6) is 0.745. The van der Waals surface area contributed by atoms with Gasteiger partial charge in [-0.1, -0.05) is 0 Å². The molecular weight excluding hydrogens is 394 g/mol. The highest BCUT2D eigenvalue weighted by Gasteiger charge is 2.28. The molecule has 2 aromatic heterocycles. The molecule has 1 fully saturated rings. The highest BCUT2D eigenvalue weighted by atomic mass is 16.6. The number of piperidine rings is 1. The molecule has 2 aromatic rings. The van der Waals surface area contributed by atoms with Crippen LogP contribution in [0.25, 0.3) is 0 Å². The van der Waals surface area contributed by atoms with Crippen LogP contribution >= 0.6 is 0 Å². The predicted octanol–water partition coefficient (Wildman–Crippen LogP) is 3.45. The highest BCUT2D eigenvalue weighted by molar-refractivity contribution is 5.92. The predicted molar refractivity (Wildman–Crippen MR) is 120 cm³/mol. The molecule has 8 nitrogen and oxygen atoms in total. The first-order chi connectivity index (χ1) is 14.6. The number of nitrogens with zero attached hydrogens (tertiary/aromatic N) is 4. The smallest absolute Gasteiger partial charge is 0.410 e. The number of likely N-dealkylation sites (tertiary alicyclic amines) is 1. The normalized spacial score (nSPS) is 14.9. The fraction of sp³-hybridized carbons (Fsp3) is 0.522. The Labute approximate surface area is 184 Å². The molecule has 0 bridgehead atoms. The summed E-state index contributed by atoms with van der Waals surface area (Å²) >= 11 is 0. The van der Waals surface area contributed by atoms with Crippen molar-refractivity contribution in [2.45, 2.75) is 51.8 Å². The Hall–Kier alpha value is -3.03. The first kappa shape index (κ1) is 22.7. The summed E-state index contributed by atoms with van der Waals surface area (Å²) in [4.78, 5) is 33.1. The molecule has 3 rings (SSSR count). The van der Waals surface area contributed by atoms with E-state index < -0.39 is 5.60 Å². The molecule has 2 amide bonds. The first-order valence-corrected chi connectivity index (χ1v) is 10.7. The van der Waals surface area contributed by atoms with Gasteiger partial charge in [0.15, 0.2) is 0 Å². The zero-order valence-corrected chi connectivity index (χ0v) is 19.1. The second kappa shape index (κ2) is 9.41. The van der Waals surface area contributed by atoms with Gasteiger partial charge in [0, 0.05) is 52.2 Å². The fourth-order valence-corrected chi connectivity index (χ4v) is 3.65. The van der Waals surface area contributed by atoms with E-state index in [9.17, 15) is 9.59 Å². The topological polar surface area (TPSA) is 79.7 Å². The lowest BCUT2D eigenvalue weighted by Crippen LogP contribution is -2.42. The van der Waals surface area contributed by atoms with Crippen molar-refractivity contribution < 1.29 is 14.3 Å². The molecule has 31 heavy (non-hydrogen) atoms. The van der Waals surface area contributed by atoms with Gasteiger partial charge in [0.25, 0.3) is 5.91 Å². The quantitative estimate of drug-likeness (QED) is 0.791. The van der Waals surface area contributed by atoms with E-state index in [1.54, 1.807) is 11.1 Å². The molecule has 0 aromatic carbocycles. The monoisotopic (exact) mass is 427 g/mol. The van der Waals surface area contributed by atoms with Gasteiger partial charge in [-0.15, -0.1) is 0 Å². The lowest BCUT2D eigenvalue weighted by atomic mass is 10.0. The zero-order valence-electron chi connectivity index (χ0n) is 19.1. The van der Waals surface area contributed by atoms with Crippen molar-refractivity contribution in [3.63, 3.8) is 0 Å². The van der Waals surface area contributed by atoms with Gasteiger partial charge in [0.05, 0.1) is 0 Å². The van der Waals surface area contributed by atoms with Crippen LogP contribution in [0.2, 0.25) is 0 Å². The van der Waals surface area contributed by atoms with Crippen LogP contribution in [0.3, 0.4) is 0 Å². The first-order valence-electron chi connectivity index (χ1n) is 10.7. The number of amides is 2. The Balaban J connectivity index is 1.58. The van der Waals surface area contributed by atoms with Crippen LogP contribution in [-0.4, -0.2) is 59.2 Å². The molecule has 3 heterocycles. The summed E-state index contributed by atoms with van der Waals surface area (Å²) in [6.07, 6.45) is 4.98. The highest BCUT2D eigenvalue weighted by Crippen LogP contribution is 2.26. The van der Waals surface area contributed by atoms with E-state index >= 15 is 0 Å². The molecule has 0 spiro atoms. The minimum absolute atomic E-state index is 0.109. The van der Waals surface area contributed by atoms with Gasteiger partial charge in [-0.05, 0) is 63.4 Å². The third-order valence-electron chi connectivity index (χ3n) is 5.24. The Morgan fingerprint density at radius 2 is 1.94 bits per heavy atom. The van der Waals surface area contributed by atoms with E-state index in [-0.39, 0.29) is 18.0 Å². The van der Waals surface area contributed by atoms with Crippen molar-refractivity contribution >= 4 is 17.8 Å². The summed E-state index contributed by atoms with van der Waals surface area (Å²) in [5, 5.41) is 3.01. The van der Waals surface area contributed by atoms with Crippen LogP contribution in [0.15, 0.2) is 36.7 Å².